The Balaban J connectivity index is 2.44. The van der Waals surface area contributed by atoms with Gasteiger partial charge in [0.15, 0.2) is 5.69 Å². The van der Waals surface area contributed by atoms with E-state index in [1.54, 1.807) is 12.3 Å². The maximum Gasteiger partial charge on any atom is 0.357 e. The number of aromatic nitrogens is 1. The second kappa shape index (κ2) is 7.36. The van der Waals surface area contributed by atoms with Gasteiger partial charge in [0, 0.05) is 23.9 Å². The summed E-state index contributed by atoms with van der Waals surface area (Å²) in [7, 11) is 0. The second-order valence-electron chi connectivity index (χ2n) is 7.15. The molecule has 1 rings (SSSR count). The highest BCUT2D eigenvalue weighted by molar-refractivity contribution is 7.09. The van der Waals surface area contributed by atoms with E-state index in [1.165, 1.54) is 11.3 Å². The molecule has 5 heteroatoms. The Bertz CT molecular complexity index is 461. The SMILES string of the molecule is CCOC(=O)c1csc(CCNC(C)(C)CC(C)(C)C)n1. The smallest absolute Gasteiger partial charge is 0.357 e. The van der Waals surface area contributed by atoms with Crippen molar-refractivity contribution in [1.82, 2.24) is 10.3 Å². The van der Waals surface area contributed by atoms with Crippen LogP contribution in [-0.2, 0) is 11.2 Å². The van der Waals surface area contributed by atoms with Crippen molar-refractivity contribution in [3.8, 4) is 0 Å². The van der Waals surface area contributed by atoms with Gasteiger partial charge in [0.1, 0.15) is 0 Å². The normalized spacial score (nSPS) is 12.5. The third kappa shape index (κ3) is 7.05. The van der Waals surface area contributed by atoms with Gasteiger partial charge in [-0.05, 0) is 32.6 Å². The van der Waals surface area contributed by atoms with Crippen LogP contribution in [0.25, 0.3) is 0 Å². The molecule has 0 aliphatic heterocycles. The molecule has 0 spiro atoms. The lowest BCUT2D eigenvalue weighted by molar-refractivity contribution is 0.0520. The fourth-order valence-electron chi connectivity index (χ4n) is 2.62. The zero-order valence-corrected chi connectivity index (χ0v) is 14.9. The minimum absolute atomic E-state index is 0.0967. The molecule has 1 N–H and O–H groups in total. The molecule has 0 saturated carbocycles. The number of carbonyl (C=O) groups is 1. The summed E-state index contributed by atoms with van der Waals surface area (Å²) in [5.74, 6) is -0.332. The molecule has 0 fully saturated rings. The standard InChI is InChI=1S/C16H28N2O2S/c1-7-20-14(19)12-10-21-13(18-12)8-9-17-16(5,6)11-15(2,3)4/h10,17H,7-9,11H2,1-6H3. The van der Waals surface area contributed by atoms with Gasteiger partial charge in [-0.3, -0.25) is 0 Å². The van der Waals surface area contributed by atoms with E-state index in [4.69, 9.17) is 4.74 Å². The van der Waals surface area contributed by atoms with Crippen LogP contribution in [0.2, 0.25) is 0 Å². The second-order valence-corrected chi connectivity index (χ2v) is 8.09. The Morgan fingerprint density at radius 1 is 1.33 bits per heavy atom. The Kier molecular flexibility index (Phi) is 6.35. The van der Waals surface area contributed by atoms with Crippen LogP contribution >= 0.6 is 11.3 Å². The van der Waals surface area contributed by atoms with Gasteiger partial charge in [0.05, 0.1) is 11.6 Å². The van der Waals surface area contributed by atoms with E-state index in [9.17, 15) is 4.79 Å². The third-order valence-corrected chi connectivity index (χ3v) is 3.86. The lowest BCUT2D eigenvalue weighted by atomic mass is 9.82. The molecule has 0 aliphatic rings. The monoisotopic (exact) mass is 312 g/mol. The van der Waals surface area contributed by atoms with E-state index in [2.05, 4.69) is 44.9 Å². The van der Waals surface area contributed by atoms with E-state index >= 15 is 0 Å². The largest absolute Gasteiger partial charge is 0.461 e. The molecule has 21 heavy (non-hydrogen) atoms. The minimum Gasteiger partial charge on any atom is -0.461 e. The maximum absolute atomic E-state index is 11.6. The first-order chi connectivity index (χ1) is 9.63. The summed E-state index contributed by atoms with van der Waals surface area (Å²) in [4.78, 5) is 15.9. The van der Waals surface area contributed by atoms with Crippen molar-refractivity contribution in [2.45, 2.75) is 59.9 Å². The zero-order chi connectivity index (χ0) is 16.1. The maximum atomic E-state index is 11.6. The van der Waals surface area contributed by atoms with Crippen molar-refractivity contribution >= 4 is 17.3 Å². The van der Waals surface area contributed by atoms with Crippen LogP contribution in [-0.4, -0.2) is 29.6 Å². The summed E-state index contributed by atoms with van der Waals surface area (Å²) < 4.78 is 4.94. The molecule has 0 aliphatic carbocycles. The van der Waals surface area contributed by atoms with Gasteiger partial charge in [-0.2, -0.15) is 0 Å². The van der Waals surface area contributed by atoms with Crippen molar-refractivity contribution in [2.75, 3.05) is 13.2 Å². The molecule has 0 saturated heterocycles. The van der Waals surface area contributed by atoms with Crippen LogP contribution < -0.4 is 5.32 Å². The molecule has 1 aromatic rings. The fourth-order valence-corrected chi connectivity index (χ4v) is 3.39. The predicted molar refractivity (Wildman–Crippen MR) is 87.9 cm³/mol. The highest BCUT2D eigenvalue weighted by atomic mass is 32.1. The van der Waals surface area contributed by atoms with Crippen molar-refractivity contribution in [3.05, 3.63) is 16.1 Å². The van der Waals surface area contributed by atoms with Crippen LogP contribution in [0.15, 0.2) is 5.38 Å². The highest BCUT2D eigenvalue weighted by Crippen LogP contribution is 2.26. The summed E-state index contributed by atoms with van der Waals surface area (Å²) in [5, 5.41) is 6.32. The van der Waals surface area contributed by atoms with E-state index in [-0.39, 0.29) is 11.5 Å². The molecule has 1 heterocycles. The van der Waals surface area contributed by atoms with Crippen molar-refractivity contribution in [3.63, 3.8) is 0 Å². The van der Waals surface area contributed by atoms with E-state index < -0.39 is 0 Å². The van der Waals surface area contributed by atoms with Crippen LogP contribution in [0.3, 0.4) is 0 Å². The van der Waals surface area contributed by atoms with Crippen LogP contribution in [0.1, 0.15) is 63.5 Å². The number of hydrogen-bond acceptors (Lipinski definition) is 5. The first-order valence-corrected chi connectivity index (χ1v) is 8.37. The summed E-state index contributed by atoms with van der Waals surface area (Å²) in [6.45, 7) is 14.3. The molecule has 0 bridgehead atoms. The number of nitrogens with one attached hydrogen (secondary N) is 1. The highest BCUT2D eigenvalue weighted by Gasteiger charge is 2.24. The number of esters is 1. The van der Waals surface area contributed by atoms with Crippen LogP contribution in [0.4, 0.5) is 0 Å². The van der Waals surface area contributed by atoms with Crippen LogP contribution in [0.5, 0.6) is 0 Å². The molecule has 0 radical (unpaired) electrons. The van der Waals surface area contributed by atoms with Gasteiger partial charge in [-0.1, -0.05) is 20.8 Å². The molecule has 0 amide bonds. The van der Waals surface area contributed by atoms with E-state index in [0.717, 1.165) is 24.4 Å². The van der Waals surface area contributed by atoms with E-state index in [0.29, 0.717) is 17.7 Å². The van der Waals surface area contributed by atoms with Crippen LogP contribution in [0, 0.1) is 5.41 Å². The molecule has 1 aromatic heterocycles. The molecular formula is C16H28N2O2S. The summed E-state index contributed by atoms with van der Waals surface area (Å²) in [6, 6.07) is 0. The number of carbonyl (C=O) groups excluding carboxylic acids is 1. The topological polar surface area (TPSA) is 51.2 Å². The number of nitrogens with zero attached hydrogens (tertiary/aromatic N) is 1. The molecule has 0 aromatic carbocycles. The first kappa shape index (κ1) is 18.1. The average Bonchev–Trinajstić information content (AvgIpc) is 2.74. The van der Waals surface area contributed by atoms with Crippen molar-refractivity contribution < 1.29 is 9.53 Å². The van der Waals surface area contributed by atoms with Gasteiger partial charge in [0.25, 0.3) is 0 Å². The lowest BCUT2D eigenvalue weighted by Gasteiger charge is -2.33. The molecule has 120 valence electrons. The Hall–Kier alpha value is -0.940. The van der Waals surface area contributed by atoms with E-state index in [1.807, 2.05) is 0 Å². The summed E-state index contributed by atoms with van der Waals surface area (Å²) >= 11 is 1.52. The number of rotatable bonds is 7. The van der Waals surface area contributed by atoms with Gasteiger partial charge in [-0.25, -0.2) is 9.78 Å². The summed E-state index contributed by atoms with van der Waals surface area (Å²) in [5.41, 5.74) is 0.819. The average molecular weight is 312 g/mol. The number of thiazole rings is 1. The van der Waals surface area contributed by atoms with Crippen molar-refractivity contribution in [1.29, 1.82) is 0 Å². The predicted octanol–water partition coefficient (Wildman–Crippen LogP) is 3.67. The summed E-state index contributed by atoms with van der Waals surface area (Å²) in [6.07, 6.45) is 1.93. The Labute approximate surface area is 132 Å². The molecule has 4 nitrogen and oxygen atoms in total. The lowest BCUT2D eigenvalue weighted by Crippen LogP contribution is -2.43. The van der Waals surface area contributed by atoms with Gasteiger partial charge in [0.2, 0.25) is 0 Å². The van der Waals surface area contributed by atoms with Crippen molar-refractivity contribution in [2.24, 2.45) is 5.41 Å². The Morgan fingerprint density at radius 3 is 2.57 bits per heavy atom. The first-order valence-electron chi connectivity index (χ1n) is 7.49. The quantitative estimate of drug-likeness (QED) is 0.781. The van der Waals surface area contributed by atoms with Gasteiger partial charge >= 0.3 is 5.97 Å². The number of hydrogen-bond donors (Lipinski definition) is 1. The van der Waals surface area contributed by atoms with Gasteiger partial charge < -0.3 is 10.1 Å². The number of ether oxygens (including phenoxy) is 1. The van der Waals surface area contributed by atoms with Gasteiger partial charge in [-0.15, -0.1) is 11.3 Å². The fraction of sp³-hybridized carbons (Fsp3) is 0.750. The third-order valence-electron chi connectivity index (χ3n) is 2.95. The molecule has 0 unspecified atom stereocenters. The minimum atomic E-state index is -0.332. The molecule has 0 atom stereocenters. The zero-order valence-electron chi connectivity index (χ0n) is 14.1. The Morgan fingerprint density at radius 2 is 2.00 bits per heavy atom. The molecular weight excluding hydrogens is 284 g/mol.